The van der Waals surface area contributed by atoms with Crippen LogP contribution in [0.3, 0.4) is 0 Å². The Balaban J connectivity index is 1.84. The molecule has 0 saturated carbocycles. The first-order valence-electron chi connectivity index (χ1n) is 9.51. The lowest BCUT2D eigenvalue weighted by Gasteiger charge is -2.23. The van der Waals surface area contributed by atoms with E-state index in [9.17, 15) is 17.6 Å². The first-order valence-corrected chi connectivity index (χ1v) is 10.9. The zero-order chi connectivity index (χ0) is 22.4. The first-order chi connectivity index (χ1) is 14.8. The minimum absolute atomic E-state index is 0.0199. The molecule has 8 heteroatoms. The van der Waals surface area contributed by atoms with Gasteiger partial charge in [0.05, 0.1) is 16.3 Å². The van der Waals surface area contributed by atoms with Crippen LogP contribution in [0.2, 0.25) is 0 Å². The van der Waals surface area contributed by atoms with Gasteiger partial charge in [-0.15, -0.1) is 0 Å². The van der Waals surface area contributed by atoms with Crippen molar-refractivity contribution >= 4 is 27.3 Å². The van der Waals surface area contributed by atoms with Gasteiger partial charge in [-0.1, -0.05) is 48.0 Å². The lowest BCUT2D eigenvalue weighted by molar-refractivity contribution is -0.119. The van der Waals surface area contributed by atoms with Crippen LogP contribution in [-0.4, -0.2) is 26.6 Å². The Bertz CT molecular complexity index is 1180. The van der Waals surface area contributed by atoms with Crippen molar-refractivity contribution in [2.24, 2.45) is 5.10 Å². The molecule has 3 aromatic rings. The predicted molar refractivity (Wildman–Crippen MR) is 119 cm³/mol. The number of aryl methyl sites for hydroxylation is 1. The van der Waals surface area contributed by atoms with Crippen LogP contribution in [-0.2, 0) is 14.8 Å². The summed E-state index contributed by atoms with van der Waals surface area (Å²) in [7, 11) is -4.06. The number of benzene rings is 3. The molecule has 0 saturated heterocycles. The number of halogens is 1. The Morgan fingerprint density at radius 2 is 1.58 bits per heavy atom. The molecule has 3 aromatic carbocycles. The van der Waals surface area contributed by atoms with Crippen molar-refractivity contribution in [3.05, 3.63) is 95.8 Å². The highest BCUT2D eigenvalue weighted by molar-refractivity contribution is 7.92. The van der Waals surface area contributed by atoms with Crippen LogP contribution in [0.15, 0.2) is 88.9 Å². The summed E-state index contributed by atoms with van der Waals surface area (Å²) in [5.74, 6) is -1.14. The number of hydrogen-bond donors (Lipinski definition) is 1. The Kier molecular flexibility index (Phi) is 6.81. The maximum atomic E-state index is 13.4. The van der Waals surface area contributed by atoms with Crippen LogP contribution < -0.4 is 9.73 Å². The fraction of sp³-hybridized carbons (Fsp3) is 0.130. The first kappa shape index (κ1) is 22.2. The van der Waals surface area contributed by atoms with Gasteiger partial charge in [-0.05, 0) is 55.8 Å². The van der Waals surface area contributed by atoms with E-state index in [4.69, 9.17) is 0 Å². The minimum atomic E-state index is -4.06. The largest absolute Gasteiger partial charge is 0.271 e. The third-order valence-corrected chi connectivity index (χ3v) is 6.34. The van der Waals surface area contributed by atoms with Gasteiger partial charge in [0.25, 0.3) is 15.9 Å². The third-order valence-electron chi connectivity index (χ3n) is 4.55. The van der Waals surface area contributed by atoms with Crippen LogP contribution in [0.4, 0.5) is 10.1 Å². The topological polar surface area (TPSA) is 78.8 Å². The average molecular weight is 440 g/mol. The summed E-state index contributed by atoms with van der Waals surface area (Å²) < 4.78 is 40.6. The van der Waals surface area contributed by atoms with Crippen LogP contribution in [0, 0.1) is 12.7 Å². The van der Waals surface area contributed by atoms with E-state index in [0.29, 0.717) is 5.71 Å². The summed E-state index contributed by atoms with van der Waals surface area (Å²) >= 11 is 0. The van der Waals surface area contributed by atoms with E-state index in [0.717, 1.165) is 27.6 Å². The second-order valence-electron chi connectivity index (χ2n) is 6.90. The van der Waals surface area contributed by atoms with Crippen molar-refractivity contribution in [3.63, 3.8) is 0 Å². The summed E-state index contributed by atoms with van der Waals surface area (Å²) in [6, 6.07) is 20.3. The maximum absolute atomic E-state index is 13.4. The van der Waals surface area contributed by atoms with E-state index in [1.165, 1.54) is 24.3 Å². The number of sulfonamides is 1. The molecular formula is C23H22FN3O3S. The highest BCUT2D eigenvalue weighted by Crippen LogP contribution is 2.23. The van der Waals surface area contributed by atoms with Gasteiger partial charge in [0, 0.05) is 0 Å². The molecule has 0 unspecified atom stereocenters. The molecule has 0 fully saturated rings. The SMILES string of the molecule is C/C(=N/NC(=O)CN(c1ccc(F)cc1)S(=O)(=O)c1ccccc1)c1ccc(C)cc1. The van der Waals surface area contributed by atoms with Gasteiger partial charge in [-0.25, -0.2) is 18.2 Å². The molecule has 1 N–H and O–H groups in total. The van der Waals surface area contributed by atoms with E-state index >= 15 is 0 Å². The number of hydrazone groups is 1. The Hall–Kier alpha value is -3.52. The highest BCUT2D eigenvalue weighted by atomic mass is 32.2. The molecule has 0 aromatic heterocycles. The standard InChI is InChI=1S/C23H22FN3O3S/c1-17-8-10-19(11-9-17)18(2)25-26-23(28)16-27(21-14-12-20(24)13-15-21)31(29,30)22-6-4-3-5-7-22/h3-15H,16H2,1-2H3,(H,26,28)/b25-18-. The molecule has 0 radical (unpaired) electrons. The molecule has 0 aliphatic heterocycles. The monoisotopic (exact) mass is 439 g/mol. The summed E-state index contributed by atoms with van der Waals surface area (Å²) in [5.41, 5.74) is 5.07. The van der Waals surface area contributed by atoms with Gasteiger partial charge in [0.1, 0.15) is 12.4 Å². The van der Waals surface area contributed by atoms with Gasteiger partial charge in [0.15, 0.2) is 0 Å². The zero-order valence-electron chi connectivity index (χ0n) is 17.1. The average Bonchev–Trinajstić information content (AvgIpc) is 2.77. The van der Waals surface area contributed by atoms with E-state index in [1.54, 1.807) is 25.1 Å². The molecule has 0 spiro atoms. The summed E-state index contributed by atoms with van der Waals surface area (Å²) in [4.78, 5) is 12.6. The molecule has 0 heterocycles. The van der Waals surface area contributed by atoms with E-state index in [-0.39, 0.29) is 10.6 Å². The summed E-state index contributed by atoms with van der Waals surface area (Å²) in [6.07, 6.45) is 0. The quantitative estimate of drug-likeness (QED) is 0.448. The molecule has 1 amide bonds. The lowest BCUT2D eigenvalue weighted by atomic mass is 10.1. The molecule has 31 heavy (non-hydrogen) atoms. The lowest BCUT2D eigenvalue weighted by Crippen LogP contribution is -2.39. The van der Waals surface area contributed by atoms with Crippen molar-refractivity contribution in [2.45, 2.75) is 18.7 Å². The normalized spacial score (nSPS) is 11.8. The number of hydrogen-bond acceptors (Lipinski definition) is 4. The zero-order valence-corrected chi connectivity index (χ0v) is 17.9. The number of amides is 1. The molecule has 0 atom stereocenters. The van der Waals surface area contributed by atoms with Gasteiger partial charge in [0.2, 0.25) is 0 Å². The fourth-order valence-corrected chi connectivity index (χ4v) is 4.26. The van der Waals surface area contributed by atoms with Crippen LogP contribution in [0.1, 0.15) is 18.1 Å². The number of nitrogens with zero attached hydrogens (tertiary/aromatic N) is 2. The van der Waals surface area contributed by atoms with Crippen molar-refractivity contribution in [3.8, 4) is 0 Å². The number of carbonyl (C=O) groups is 1. The van der Waals surface area contributed by atoms with Crippen LogP contribution in [0.25, 0.3) is 0 Å². The van der Waals surface area contributed by atoms with Crippen molar-refractivity contribution < 1.29 is 17.6 Å². The molecule has 160 valence electrons. The van der Waals surface area contributed by atoms with Crippen molar-refractivity contribution in [1.82, 2.24) is 5.43 Å². The van der Waals surface area contributed by atoms with Crippen molar-refractivity contribution in [1.29, 1.82) is 0 Å². The van der Waals surface area contributed by atoms with Gasteiger partial charge >= 0.3 is 0 Å². The molecule has 0 aliphatic rings. The van der Waals surface area contributed by atoms with Crippen LogP contribution in [0.5, 0.6) is 0 Å². The smallest absolute Gasteiger partial charge is 0.264 e. The van der Waals surface area contributed by atoms with Crippen LogP contribution >= 0.6 is 0 Å². The molecule has 0 aliphatic carbocycles. The van der Waals surface area contributed by atoms with Gasteiger partial charge in [-0.2, -0.15) is 5.10 Å². The molecule has 6 nitrogen and oxygen atoms in total. The third kappa shape index (κ3) is 5.55. The molecule has 0 bridgehead atoms. The van der Waals surface area contributed by atoms with E-state index in [2.05, 4.69) is 10.5 Å². The Morgan fingerprint density at radius 3 is 2.19 bits per heavy atom. The second-order valence-corrected chi connectivity index (χ2v) is 8.76. The predicted octanol–water partition coefficient (Wildman–Crippen LogP) is 3.87. The van der Waals surface area contributed by atoms with Gasteiger partial charge in [-0.3, -0.25) is 9.10 Å². The van der Waals surface area contributed by atoms with E-state index < -0.39 is 28.3 Å². The number of anilines is 1. The number of rotatable bonds is 7. The van der Waals surface area contributed by atoms with Crippen molar-refractivity contribution in [2.75, 3.05) is 10.8 Å². The number of nitrogens with one attached hydrogen (secondary N) is 1. The second kappa shape index (κ2) is 9.53. The Morgan fingerprint density at radius 1 is 0.968 bits per heavy atom. The number of carbonyl (C=O) groups excluding carboxylic acids is 1. The maximum Gasteiger partial charge on any atom is 0.264 e. The summed E-state index contributed by atoms with van der Waals surface area (Å²) in [5, 5.41) is 4.08. The fourth-order valence-electron chi connectivity index (χ4n) is 2.81. The van der Waals surface area contributed by atoms with E-state index in [1.807, 2.05) is 31.2 Å². The molecular weight excluding hydrogens is 417 g/mol. The Labute approximate surface area is 181 Å². The highest BCUT2D eigenvalue weighted by Gasteiger charge is 2.27. The summed E-state index contributed by atoms with van der Waals surface area (Å²) in [6.45, 7) is 3.19. The minimum Gasteiger partial charge on any atom is -0.271 e. The molecule has 3 rings (SSSR count). The van der Waals surface area contributed by atoms with Gasteiger partial charge < -0.3 is 0 Å².